The molecule has 0 aromatic carbocycles. The van der Waals surface area contributed by atoms with E-state index < -0.39 is 0 Å². The first-order chi connectivity index (χ1) is 6.99. The highest BCUT2D eigenvalue weighted by molar-refractivity contribution is 8.02. The van der Waals surface area contributed by atoms with Crippen molar-refractivity contribution in [3.8, 4) is 0 Å². The Labute approximate surface area is 96.3 Å². The lowest BCUT2D eigenvalue weighted by Gasteiger charge is -2.18. The normalized spacial score (nSPS) is 11.1. The highest BCUT2D eigenvalue weighted by Gasteiger charge is 2.16. The maximum atomic E-state index is 4.62. The monoisotopic (exact) mass is 219 g/mol. The van der Waals surface area contributed by atoms with Gasteiger partial charge in [0.25, 0.3) is 0 Å². The van der Waals surface area contributed by atoms with Crippen LogP contribution in [0.1, 0.15) is 32.0 Å². The van der Waals surface area contributed by atoms with E-state index in [2.05, 4.69) is 51.0 Å². The lowest BCUT2D eigenvalue weighted by atomic mass is 9.91. The van der Waals surface area contributed by atoms with Crippen LogP contribution in [0.5, 0.6) is 0 Å². The molecule has 1 heterocycles. The third kappa shape index (κ3) is 2.96. The molecule has 0 saturated heterocycles. The van der Waals surface area contributed by atoms with Gasteiger partial charge in [0.15, 0.2) is 0 Å². The first-order valence-corrected chi connectivity index (χ1v) is 5.78. The lowest BCUT2D eigenvalue weighted by molar-refractivity contribution is 0.563. The Balaban J connectivity index is 3.21. The van der Waals surface area contributed by atoms with Crippen molar-refractivity contribution in [2.45, 2.75) is 31.2 Å². The van der Waals surface area contributed by atoms with Crippen LogP contribution in [0.15, 0.2) is 35.7 Å². The van der Waals surface area contributed by atoms with Gasteiger partial charge in [-0.05, 0) is 11.5 Å². The van der Waals surface area contributed by atoms with E-state index in [0.717, 1.165) is 16.3 Å². The third-order valence-corrected chi connectivity index (χ3v) is 2.79. The van der Waals surface area contributed by atoms with Crippen molar-refractivity contribution in [3.05, 3.63) is 42.0 Å². The number of nitrogens with zero attached hydrogens (tertiary/aromatic N) is 1. The fourth-order valence-corrected chi connectivity index (χ4v) is 1.79. The van der Waals surface area contributed by atoms with Gasteiger partial charge in [-0.25, -0.2) is 4.98 Å². The van der Waals surface area contributed by atoms with E-state index >= 15 is 0 Å². The van der Waals surface area contributed by atoms with Gasteiger partial charge < -0.3 is 0 Å². The van der Waals surface area contributed by atoms with Gasteiger partial charge in [-0.2, -0.15) is 0 Å². The van der Waals surface area contributed by atoms with Gasteiger partial charge in [0, 0.05) is 16.7 Å². The molecule has 0 unspecified atom stereocenters. The summed E-state index contributed by atoms with van der Waals surface area (Å²) in [7, 11) is 0. The second-order valence-electron chi connectivity index (χ2n) is 4.33. The van der Waals surface area contributed by atoms with Crippen LogP contribution >= 0.6 is 11.8 Å². The van der Waals surface area contributed by atoms with Crippen molar-refractivity contribution in [1.29, 1.82) is 0 Å². The first-order valence-electron chi connectivity index (χ1n) is 4.90. The largest absolute Gasteiger partial charge is 0.245 e. The number of pyridine rings is 1. The van der Waals surface area contributed by atoms with Gasteiger partial charge in [-0.15, -0.1) is 0 Å². The van der Waals surface area contributed by atoms with E-state index in [-0.39, 0.29) is 5.41 Å². The van der Waals surface area contributed by atoms with Crippen LogP contribution in [-0.2, 0) is 5.41 Å². The molecule has 0 aliphatic carbocycles. The van der Waals surface area contributed by atoms with Crippen LogP contribution in [0.4, 0.5) is 0 Å². The molecule has 0 N–H and O–H groups in total. The van der Waals surface area contributed by atoms with E-state index in [1.165, 1.54) is 11.8 Å². The van der Waals surface area contributed by atoms with Gasteiger partial charge in [-0.1, -0.05) is 57.8 Å². The zero-order valence-electron chi connectivity index (χ0n) is 9.58. The fourth-order valence-electron chi connectivity index (χ4n) is 1.20. The summed E-state index contributed by atoms with van der Waals surface area (Å²) < 4.78 is 0. The van der Waals surface area contributed by atoms with E-state index in [1.54, 1.807) is 5.41 Å². The highest BCUT2D eigenvalue weighted by Crippen LogP contribution is 2.27. The molecule has 0 fully saturated rings. The summed E-state index contributed by atoms with van der Waals surface area (Å²) in [5.41, 5.74) is 2.24. The van der Waals surface area contributed by atoms with Crippen molar-refractivity contribution >= 4 is 17.8 Å². The van der Waals surface area contributed by atoms with E-state index in [1.807, 2.05) is 6.08 Å². The van der Waals surface area contributed by atoms with Gasteiger partial charge in [-0.3, -0.25) is 0 Å². The summed E-state index contributed by atoms with van der Waals surface area (Å²) >= 11 is 1.54. The van der Waals surface area contributed by atoms with Gasteiger partial charge in [0.2, 0.25) is 0 Å². The zero-order chi connectivity index (χ0) is 11.5. The average Bonchev–Trinajstić information content (AvgIpc) is 2.17. The molecule has 1 aromatic rings. The molecule has 1 nitrogen and oxygen atoms in total. The van der Waals surface area contributed by atoms with Crippen molar-refractivity contribution in [2.75, 3.05) is 0 Å². The number of aromatic nitrogens is 1. The van der Waals surface area contributed by atoms with Crippen molar-refractivity contribution < 1.29 is 0 Å². The Hall–Kier alpha value is -1.02. The molecule has 0 bridgehead atoms. The fraction of sp³-hybridized carbons (Fsp3) is 0.308. The van der Waals surface area contributed by atoms with Crippen LogP contribution < -0.4 is 0 Å². The van der Waals surface area contributed by atoms with Crippen molar-refractivity contribution in [2.24, 2.45) is 0 Å². The molecule has 15 heavy (non-hydrogen) atoms. The molecular weight excluding hydrogens is 202 g/mol. The van der Waals surface area contributed by atoms with Crippen LogP contribution in [0, 0.1) is 0 Å². The summed E-state index contributed by atoms with van der Waals surface area (Å²) in [5.74, 6) is 0. The molecular formula is C13H17NS. The minimum atomic E-state index is 0.0795. The Kier molecular flexibility index (Phi) is 3.75. The predicted octanol–water partition coefficient (Wildman–Crippen LogP) is 4.26. The summed E-state index contributed by atoms with van der Waals surface area (Å²) in [4.78, 5) is 4.62. The topological polar surface area (TPSA) is 12.9 Å². The number of hydrogen-bond donors (Lipinski definition) is 0. The highest BCUT2D eigenvalue weighted by atomic mass is 32.2. The first kappa shape index (κ1) is 12.1. The predicted molar refractivity (Wildman–Crippen MR) is 69.1 cm³/mol. The van der Waals surface area contributed by atoms with Crippen LogP contribution in [0.2, 0.25) is 0 Å². The number of hydrogen-bond acceptors (Lipinski definition) is 2. The minimum absolute atomic E-state index is 0.0795. The maximum absolute atomic E-state index is 4.62. The Morgan fingerprint density at radius 1 is 1.27 bits per heavy atom. The summed E-state index contributed by atoms with van der Waals surface area (Å²) in [6.45, 7) is 14.0. The third-order valence-electron chi connectivity index (χ3n) is 2.07. The molecule has 0 saturated carbocycles. The van der Waals surface area contributed by atoms with Crippen LogP contribution in [0.25, 0.3) is 6.08 Å². The molecule has 0 atom stereocenters. The Morgan fingerprint density at radius 3 is 2.40 bits per heavy atom. The zero-order valence-corrected chi connectivity index (χ0v) is 10.4. The smallest absolute Gasteiger partial charge is 0.108 e. The molecule has 2 heteroatoms. The molecule has 0 spiro atoms. The quantitative estimate of drug-likeness (QED) is 0.705. The second kappa shape index (κ2) is 4.67. The molecule has 1 aromatic heterocycles. The molecule has 0 amide bonds. The van der Waals surface area contributed by atoms with Gasteiger partial charge >= 0.3 is 0 Å². The maximum Gasteiger partial charge on any atom is 0.108 e. The second-order valence-corrected chi connectivity index (χ2v) is 5.29. The van der Waals surface area contributed by atoms with Gasteiger partial charge in [0.05, 0.1) is 0 Å². The summed E-state index contributed by atoms with van der Waals surface area (Å²) in [5, 5.41) is 2.77. The standard InChI is InChI=1S/C13H17NS/c1-6-10-8-9-11(13(3,4)5)14-12(10)15-7-2/h6-9H,1-2H2,3-5H3. The van der Waals surface area contributed by atoms with Crippen molar-refractivity contribution in [3.63, 3.8) is 0 Å². The molecule has 0 radical (unpaired) electrons. The summed E-state index contributed by atoms with van der Waals surface area (Å²) in [6, 6.07) is 4.12. The molecule has 1 rings (SSSR count). The lowest BCUT2D eigenvalue weighted by Crippen LogP contribution is -2.13. The Bertz CT molecular complexity index is 375. The molecule has 80 valence electrons. The SMILES string of the molecule is C=CSc1nc(C(C)(C)C)ccc1C=C. The molecule has 0 aliphatic rings. The summed E-state index contributed by atoms with van der Waals surface area (Å²) in [6.07, 6.45) is 1.82. The van der Waals surface area contributed by atoms with E-state index in [4.69, 9.17) is 0 Å². The Morgan fingerprint density at radius 2 is 1.93 bits per heavy atom. The average molecular weight is 219 g/mol. The number of thioether (sulfide) groups is 1. The minimum Gasteiger partial charge on any atom is -0.245 e. The van der Waals surface area contributed by atoms with E-state index in [0.29, 0.717) is 0 Å². The van der Waals surface area contributed by atoms with E-state index in [9.17, 15) is 0 Å². The van der Waals surface area contributed by atoms with Gasteiger partial charge in [0.1, 0.15) is 5.03 Å². The van der Waals surface area contributed by atoms with Crippen LogP contribution in [0.3, 0.4) is 0 Å². The number of rotatable bonds is 3. The van der Waals surface area contributed by atoms with Crippen molar-refractivity contribution in [1.82, 2.24) is 4.98 Å². The molecule has 0 aliphatic heterocycles. The van der Waals surface area contributed by atoms with Crippen LogP contribution in [-0.4, -0.2) is 4.98 Å².